The lowest BCUT2D eigenvalue weighted by Crippen LogP contribution is -2.28. The normalized spacial score (nSPS) is 13.7. The van der Waals surface area contributed by atoms with Crippen molar-refractivity contribution < 1.29 is 24.2 Å². The van der Waals surface area contributed by atoms with E-state index in [0.717, 1.165) is 57.8 Å². The molecule has 0 aliphatic heterocycles. The summed E-state index contributed by atoms with van der Waals surface area (Å²) in [4.78, 5) is 24.0. The van der Waals surface area contributed by atoms with Gasteiger partial charge in [0.05, 0.1) is 6.61 Å². The van der Waals surface area contributed by atoms with Crippen LogP contribution in [-0.2, 0) is 19.1 Å². The molecule has 232 valence electrons. The Balaban J connectivity index is 3.84. The molecule has 0 heterocycles. The number of allylic oxidation sites excluding steroid dienone is 18. The molecule has 1 N–H and O–H groups in total. The van der Waals surface area contributed by atoms with Crippen LogP contribution in [0.5, 0.6) is 0 Å². The first kappa shape index (κ1) is 38.6. The molecule has 1 unspecified atom stereocenters. The number of ether oxygens (including phenoxy) is 2. The molecular formula is C37H54O5. The SMILES string of the molecule is CC/C=C/C=C/C=C/C=C/C=C/CCCC(=O)OCC(CO)OC(=O)CCCCCCC/C=C/C=C/C=C/C=C/CC. The van der Waals surface area contributed by atoms with E-state index in [4.69, 9.17) is 9.47 Å². The van der Waals surface area contributed by atoms with E-state index < -0.39 is 6.10 Å². The summed E-state index contributed by atoms with van der Waals surface area (Å²) in [6.07, 6.45) is 45.7. The van der Waals surface area contributed by atoms with Gasteiger partial charge < -0.3 is 14.6 Å². The summed E-state index contributed by atoms with van der Waals surface area (Å²) in [6, 6.07) is 0. The quantitative estimate of drug-likeness (QED) is 0.0664. The molecule has 0 radical (unpaired) electrons. The maximum Gasteiger partial charge on any atom is 0.306 e. The van der Waals surface area contributed by atoms with Crippen molar-refractivity contribution in [2.75, 3.05) is 13.2 Å². The molecule has 0 aliphatic rings. The lowest BCUT2D eigenvalue weighted by molar-refractivity contribution is -0.161. The molecule has 0 rings (SSSR count). The van der Waals surface area contributed by atoms with Gasteiger partial charge in [-0.3, -0.25) is 9.59 Å². The van der Waals surface area contributed by atoms with Crippen LogP contribution in [0.1, 0.15) is 90.9 Å². The molecule has 1 atom stereocenters. The number of unbranched alkanes of at least 4 members (excludes halogenated alkanes) is 6. The van der Waals surface area contributed by atoms with E-state index in [1.165, 1.54) is 0 Å². The van der Waals surface area contributed by atoms with Gasteiger partial charge in [0.15, 0.2) is 6.10 Å². The average molecular weight is 579 g/mol. The number of hydrogen-bond donors (Lipinski definition) is 1. The van der Waals surface area contributed by atoms with Gasteiger partial charge in [0.1, 0.15) is 6.61 Å². The Morgan fingerprint density at radius 1 is 0.548 bits per heavy atom. The Kier molecular flexibility index (Phi) is 29.5. The highest BCUT2D eigenvalue weighted by Gasteiger charge is 2.15. The molecule has 0 aromatic heterocycles. The van der Waals surface area contributed by atoms with Gasteiger partial charge in [0, 0.05) is 12.8 Å². The van der Waals surface area contributed by atoms with Gasteiger partial charge in [-0.1, -0.05) is 142 Å². The molecule has 0 spiro atoms. The van der Waals surface area contributed by atoms with Crippen molar-refractivity contribution in [3.63, 3.8) is 0 Å². The first-order valence-electron chi connectivity index (χ1n) is 15.6. The number of carbonyl (C=O) groups excluding carboxylic acids is 2. The van der Waals surface area contributed by atoms with Crippen molar-refractivity contribution in [3.8, 4) is 0 Å². The molecule has 42 heavy (non-hydrogen) atoms. The van der Waals surface area contributed by atoms with Crippen molar-refractivity contribution in [1.82, 2.24) is 0 Å². The van der Waals surface area contributed by atoms with Gasteiger partial charge in [-0.05, 0) is 44.9 Å². The number of rotatable bonds is 25. The zero-order valence-electron chi connectivity index (χ0n) is 25.9. The van der Waals surface area contributed by atoms with Crippen LogP contribution in [0.15, 0.2) is 109 Å². The molecule has 0 aromatic carbocycles. The van der Waals surface area contributed by atoms with E-state index in [-0.39, 0.29) is 31.6 Å². The number of aliphatic hydroxyl groups excluding tert-OH is 1. The Bertz CT molecular complexity index is 928. The number of aliphatic hydroxyl groups is 1. The fourth-order valence-electron chi connectivity index (χ4n) is 3.47. The predicted molar refractivity (Wildman–Crippen MR) is 177 cm³/mol. The third-order valence-electron chi connectivity index (χ3n) is 5.78. The minimum atomic E-state index is -0.818. The van der Waals surface area contributed by atoms with E-state index in [2.05, 4.69) is 38.2 Å². The van der Waals surface area contributed by atoms with Crippen molar-refractivity contribution >= 4 is 11.9 Å². The fraction of sp³-hybridized carbons (Fsp3) is 0.459. The average Bonchev–Trinajstić information content (AvgIpc) is 2.99. The van der Waals surface area contributed by atoms with Crippen LogP contribution >= 0.6 is 0 Å². The van der Waals surface area contributed by atoms with Crippen molar-refractivity contribution in [2.45, 2.75) is 97.0 Å². The Hall–Kier alpha value is -3.44. The van der Waals surface area contributed by atoms with Crippen LogP contribution in [0.3, 0.4) is 0 Å². The maximum atomic E-state index is 12.1. The van der Waals surface area contributed by atoms with Crippen LogP contribution in [0, 0.1) is 0 Å². The van der Waals surface area contributed by atoms with Crippen LogP contribution in [-0.4, -0.2) is 36.4 Å². The summed E-state index contributed by atoms with van der Waals surface area (Å²) in [5.74, 6) is -0.723. The standard InChI is InChI=1S/C37H54O5/c1-3-5-7-9-11-13-15-17-18-20-22-24-26-28-30-32-37(40)42-35(33-38)34-41-36(39)31-29-27-25-23-21-19-16-14-12-10-8-6-4-2/h5-19,21,23,25,35,38H,3-4,20,22,24,26-34H2,1-2H3/b7-5+,8-6+,11-9+,12-10+,15-13+,16-14+,18-17+,21-19+,25-23+. The van der Waals surface area contributed by atoms with Crippen molar-refractivity contribution in [3.05, 3.63) is 109 Å². The minimum Gasteiger partial charge on any atom is -0.462 e. The van der Waals surface area contributed by atoms with E-state index in [1.54, 1.807) is 0 Å². The van der Waals surface area contributed by atoms with Crippen LogP contribution < -0.4 is 0 Å². The topological polar surface area (TPSA) is 72.8 Å². The Labute approximate surface area is 255 Å². The number of esters is 2. The predicted octanol–water partition coefficient (Wildman–Crippen LogP) is 9.16. The molecule has 0 fully saturated rings. The monoisotopic (exact) mass is 578 g/mol. The first-order chi connectivity index (χ1) is 20.6. The van der Waals surface area contributed by atoms with Gasteiger partial charge >= 0.3 is 11.9 Å². The Morgan fingerprint density at radius 3 is 1.50 bits per heavy atom. The van der Waals surface area contributed by atoms with E-state index in [9.17, 15) is 14.7 Å². The smallest absolute Gasteiger partial charge is 0.306 e. The molecule has 5 heteroatoms. The van der Waals surface area contributed by atoms with E-state index in [1.807, 2.05) is 85.1 Å². The van der Waals surface area contributed by atoms with Crippen molar-refractivity contribution in [2.24, 2.45) is 0 Å². The molecule has 0 aromatic rings. The van der Waals surface area contributed by atoms with Crippen LogP contribution in [0.25, 0.3) is 0 Å². The zero-order valence-corrected chi connectivity index (χ0v) is 25.9. The highest BCUT2D eigenvalue weighted by molar-refractivity contribution is 5.70. The third-order valence-corrected chi connectivity index (χ3v) is 5.78. The second-order valence-corrected chi connectivity index (χ2v) is 9.63. The van der Waals surface area contributed by atoms with Gasteiger partial charge in [-0.2, -0.15) is 0 Å². The third kappa shape index (κ3) is 29.5. The minimum absolute atomic E-state index is 0.121. The Morgan fingerprint density at radius 2 is 0.976 bits per heavy atom. The van der Waals surface area contributed by atoms with Crippen LogP contribution in [0.2, 0.25) is 0 Å². The first-order valence-corrected chi connectivity index (χ1v) is 15.6. The molecular weight excluding hydrogens is 524 g/mol. The largest absolute Gasteiger partial charge is 0.462 e. The number of hydrogen-bond acceptors (Lipinski definition) is 5. The fourth-order valence-corrected chi connectivity index (χ4v) is 3.47. The molecule has 0 aliphatic carbocycles. The lowest BCUT2D eigenvalue weighted by Gasteiger charge is -2.15. The highest BCUT2D eigenvalue weighted by atomic mass is 16.6. The lowest BCUT2D eigenvalue weighted by atomic mass is 10.1. The zero-order chi connectivity index (χ0) is 30.8. The molecule has 0 saturated heterocycles. The molecule has 0 amide bonds. The maximum absolute atomic E-state index is 12.1. The van der Waals surface area contributed by atoms with E-state index >= 15 is 0 Å². The summed E-state index contributed by atoms with van der Waals surface area (Å²) >= 11 is 0. The van der Waals surface area contributed by atoms with E-state index in [0.29, 0.717) is 12.8 Å². The van der Waals surface area contributed by atoms with Crippen molar-refractivity contribution in [1.29, 1.82) is 0 Å². The van der Waals surface area contributed by atoms with Gasteiger partial charge in [-0.15, -0.1) is 0 Å². The summed E-state index contributed by atoms with van der Waals surface area (Å²) in [6.45, 7) is 3.72. The summed E-state index contributed by atoms with van der Waals surface area (Å²) < 4.78 is 10.5. The van der Waals surface area contributed by atoms with Gasteiger partial charge in [0.25, 0.3) is 0 Å². The second-order valence-electron chi connectivity index (χ2n) is 9.63. The van der Waals surface area contributed by atoms with Gasteiger partial charge in [0.2, 0.25) is 0 Å². The molecule has 5 nitrogen and oxygen atoms in total. The molecule has 0 saturated carbocycles. The highest BCUT2D eigenvalue weighted by Crippen LogP contribution is 2.09. The van der Waals surface area contributed by atoms with Crippen LogP contribution in [0.4, 0.5) is 0 Å². The molecule has 0 bridgehead atoms. The van der Waals surface area contributed by atoms with Gasteiger partial charge in [-0.25, -0.2) is 0 Å². The number of carbonyl (C=O) groups is 2. The second kappa shape index (κ2) is 32.1. The summed E-state index contributed by atoms with van der Waals surface area (Å²) in [7, 11) is 0. The summed E-state index contributed by atoms with van der Waals surface area (Å²) in [5, 5.41) is 9.48. The summed E-state index contributed by atoms with van der Waals surface area (Å²) in [5.41, 5.74) is 0.